The minimum atomic E-state index is -4.27. The molecule has 7 heteroatoms. The first-order valence-electron chi connectivity index (χ1n) is 4.75. The summed E-state index contributed by atoms with van der Waals surface area (Å²) in [6.07, 6.45) is 6.24. The van der Waals surface area contributed by atoms with Crippen LogP contribution in [0.4, 0.5) is 0 Å². The minimum Gasteiger partial charge on any atom is -0.743 e. The van der Waals surface area contributed by atoms with Gasteiger partial charge in [-0.2, -0.15) is 4.57 Å². The molecular weight excluding hydrogens is 242 g/mol. The fourth-order valence-corrected chi connectivity index (χ4v) is 1.86. The summed E-state index contributed by atoms with van der Waals surface area (Å²) in [5.41, 5.74) is 0.755. The van der Waals surface area contributed by atoms with Crippen molar-refractivity contribution in [1.29, 1.82) is 0 Å². The van der Waals surface area contributed by atoms with Crippen LogP contribution in [0.1, 0.15) is 0 Å². The first-order valence-corrected chi connectivity index (χ1v) is 6.32. The Morgan fingerprint density at radius 3 is 2.29 bits per heavy atom. The van der Waals surface area contributed by atoms with E-state index in [1.165, 1.54) is 17.0 Å². The van der Waals surface area contributed by atoms with Gasteiger partial charge in [-0.3, -0.25) is 0 Å². The fourth-order valence-electron chi connectivity index (χ4n) is 1.32. The highest BCUT2D eigenvalue weighted by molar-refractivity contribution is 7.84. The largest absolute Gasteiger partial charge is 0.743 e. The lowest BCUT2D eigenvalue weighted by atomic mass is 10.2. The van der Waals surface area contributed by atoms with Crippen LogP contribution in [0.5, 0.6) is 0 Å². The zero-order chi connectivity index (χ0) is 12.3. The molecule has 2 aromatic heterocycles. The molecule has 0 spiro atoms. The van der Waals surface area contributed by atoms with E-state index in [0.717, 1.165) is 5.56 Å². The Labute approximate surface area is 98.4 Å². The summed E-state index contributed by atoms with van der Waals surface area (Å²) in [5.74, 6) is -0.0345. The number of hydrogen-bond donors (Lipinski definition) is 0. The molecule has 0 aliphatic rings. The summed E-state index contributed by atoms with van der Waals surface area (Å²) in [4.78, 5) is 8.11. The predicted molar refractivity (Wildman–Crippen MR) is 57.4 cm³/mol. The molecule has 0 aliphatic heterocycles. The maximum absolute atomic E-state index is 10.6. The molecule has 0 saturated heterocycles. The van der Waals surface area contributed by atoms with Crippen LogP contribution in [0.25, 0.3) is 11.4 Å². The van der Waals surface area contributed by atoms with E-state index < -0.39 is 16.0 Å². The zero-order valence-corrected chi connectivity index (χ0v) is 9.54. The molecule has 0 aromatic carbocycles. The molecule has 0 radical (unpaired) electrons. The van der Waals surface area contributed by atoms with Crippen LogP contribution in [0.3, 0.4) is 0 Å². The van der Waals surface area contributed by atoms with E-state index in [0.29, 0.717) is 5.82 Å². The van der Waals surface area contributed by atoms with E-state index in [1.807, 2.05) is 0 Å². The van der Waals surface area contributed by atoms with Gasteiger partial charge in [0.15, 0.2) is 28.3 Å². The minimum absolute atomic E-state index is 0.546. The molecular formula is C10H9N3O3S. The Kier molecular flexibility index (Phi) is 3.12. The summed E-state index contributed by atoms with van der Waals surface area (Å²) >= 11 is 0. The second-order valence-electron chi connectivity index (χ2n) is 3.36. The molecule has 0 N–H and O–H groups in total. The first-order chi connectivity index (χ1) is 8.04. The van der Waals surface area contributed by atoms with Gasteiger partial charge in [-0.1, -0.05) is 0 Å². The third kappa shape index (κ3) is 3.30. The Balaban J connectivity index is 2.25. The fraction of sp³-hybridized carbons (Fsp3) is 0.100. The molecule has 6 nitrogen and oxygen atoms in total. The van der Waals surface area contributed by atoms with Crippen molar-refractivity contribution in [2.75, 3.05) is 0 Å². The molecule has 88 valence electrons. The van der Waals surface area contributed by atoms with Crippen LogP contribution in [0.15, 0.2) is 43.0 Å². The second kappa shape index (κ2) is 4.56. The second-order valence-corrected chi connectivity index (χ2v) is 4.73. The first kappa shape index (κ1) is 11.6. The van der Waals surface area contributed by atoms with Crippen molar-refractivity contribution in [3.63, 3.8) is 0 Å². The number of rotatable bonds is 3. The lowest BCUT2D eigenvalue weighted by molar-refractivity contribution is -0.678. The van der Waals surface area contributed by atoms with Gasteiger partial charge in [-0.15, -0.1) is 0 Å². The van der Waals surface area contributed by atoms with Crippen LogP contribution in [-0.2, 0) is 16.0 Å². The average Bonchev–Trinajstić information content (AvgIpc) is 2.29. The van der Waals surface area contributed by atoms with Gasteiger partial charge in [0.1, 0.15) is 0 Å². The van der Waals surface area contributed by atoms with Gasteiger partial charge in [0.25, 0.3) is 0 Å². The van der Waals surface area contributed by atoms with Crippen LogP contribution in [-0.4, -0.2) is 22.9 Å². The topological polar surface area (TPSA) is 86.9 Å². The number of hydrogen-bond acceptors (Lipinski definition) is 5. The monoisotopic (exact) mass is 251 g/mol. The predicted octanol–water partition coefficient (Wildman–Crippen LogP) is -0.0662. The molecule has 0 aliphatic carbocycles. The van der Waals surface area contributed by atoms with E-state index in [-0.39, 0.29) is 0 Å². The zero-order valence-electron chi connectivity index (χ0n) is 8.72. The van der Waals surface area contributed by atoms with Crippen molar-refractivity contribution in [3.05, 3.63) is 43.0 Å². The third-order valence-corrected chi connectivity index (χ3v) is 2.64. The van der Waals surface area contributed by atoms with Crippen LogP contribution >= 0.6 is 0 Å². The van der Waals surface area contributed by atoms with E-state index in [2.05, 4.69) is 9.97 Å². The highest BCUT2D eigenvalue weighted by Crippen LogP contribution is 2.10. The van der Waals surface area contributed by atoms with E-state index >= 15 is 0 Å². The highest BCUT2D eigenvalue weighted by Gasteiger charge is 2.07. The Hall–Kier alpha value is -1.86. The molecule has 17 heavy (non-hydrogen) atoms. The van der Waals surface area contributed by atoms with Gasteiger partial charge in [0.2, 0.25) is 5.88 Å². The molecule has 0 amide bonds. The van der Waals surface area contributed by atoms with Crippen molar-refractivity contribution in [2.24, 2.45) is 0 Å². The summed E-state index contributed by atoms with van der Waals surface area (Å²) < 4.78 is 32.9. The smallest absolute Gasteiger partial charge is 0.236 e. The van der Waals surface area contributed by atoms with Gasteiger partial charge in [-0.25, -0.2) is 18.4 Å². The summed E-state index contributed by atoms with van der Waals surface area (Å²) in [5, 5.41) is 0. The number of aromatic nitrogens is 3. The van der Waals surface area contributed by atoms with Crippen LogP contribution in [0.2, 0.25) is 0 Å². The summed E-state index contributed by atoms with van der Waals surface area (Å²) in [6, 6.07) is 5.01. The van der Waals surface area contributed by atoms with Gasteiger partial charge in [0.05, 0.1) is 0 Å². The quantitative estimate of drug-likeness (QED) is 0.563. The molecule has 0 fully saturated rings. The van der Waals surface area contributed by atoms with E-state index in [1.54, 1.807) is 30.6 Å². The molecule has 2 heterocycles. The van der Waals surface area contributed by atoms with E-state index in [4.69, 9.17) is 0 Å². The SMILES string of the molecule is O=S(=O)([O-])C[n+]1ccc(-c2ncccn2)cc1. The number of pyridine rings is 1. The average molecular weight is 251 g/mol. The lowest BCUT2D eigenvalue weighted by Crippen LogP contribution is -2.36. The molecule has 0 unspecified atom stereocenters. The van der Waals surface area contributed by atoms with Crippen LogP contribution < -0.4 is 4.57 Å². The third-order valence-electron chi connectivity index (χ3n) is 2.02. The van der Waals surface area contributed by atoms with Crippen molar-refractivity contribution in [3.8, 4) is 11.4 Å². The van der Waals surface area contributed by atoms with Crippen molar-refractivity contribution in [2.45, 2.75) is 5.88 Å². The summed E-state index contributed by atoms with van der Waals surface area (Å²) in [7, 11) is -4.27. The molecule has 0 bridgehead atoms. The molecule has 2 rings (SSSR count). The van der Waals surface area contributed by atoms with Gasteiger partial charge < -0.3 is 4.55 Å². The maximum Gasteiger partial charge on any atom is 0.236 e. The Morgan fingerprint density at radius 2 is 1.76 bits per heavy atom. The lowest BCUT2D eigenvalue weighted by Gasteiger charge is -2.02. The van der Waals surface area contributed by atoms with Crippen molar-refractivity contribution in [1.82, 2.24) is 9.97 Å². The normalized spacial score (nSPS) is 11.4. The number of nitrogens with zero attached hydrogens (tertiary/aromatic N) is 3. The maximum atomic E-state index is 10.6. The molecule has 0 saturated carbocycles. The van der Waals surface area contributed by atoms with E-state index in [9.17, 15) is 13.0 Å². The van der Waals surface area contributed by atoms with Crippen molar-refractivity contribution < 1.29 is 17.5 Å². The molecule has 2 aromatic rings. The standard InChI is InChI=1S/C10H9N3O3S/c14-17(15,16)8-13-6-2-9(3-7-13)10-11-4-1-5-12-10/h1-7H,8H2. The van der Waals surface area contributed by atoms with Crippen LogP contribution in [0, 0.1) is 0 Å². The highest BCUT2D eigenvalue weighted by atomic mass is 32.2. The molecule has 0 atom stereocenters. The Morgan fingerprint density at radius 1 is 1.18 bits per heavy atom. The van der Waals surface area contributed by atoms with Crippen molar-refractivity contribution >= 4 is 10.1 Å². The van der Waals surface area contributed by atoms with Gasteiger partial charge >= 0.3 is 0 Å². The van der Waals surface area contributed by atoms with Gasteiger partial charge in [-0.05, 0) is 6.07 Å². The summed E-state index contributed by atoms with van der Waals surface area (Å²) in [6.45, 7) is 0. The van der Waals surface area contributed by atoms with Gasteiger partial charge in [0, 0.05) is 30.1 Å². The Bertz CT molecular complexity index is 596.